The molecule has 1 atom stereocenters. The van der Waals surface area contributed by atoms with Crippen LogP contribution in [0.2, 0.25) is 0 Å². The van der Waals surface area contributed by atoms with Gasteiger partial charge in [-0.1, -0.05) is 6.07 Å². The van der Waals surface area contributed by atoms with Gasteiger partial charge in [0.25, 0.3) is 0 Å². The van der Waals surface area contributed by atoms with Crippen molar-refractivity contribution in [2.75, 3.05) is 11.9 Å². The van der Waals surface area contributed by atoms with Gasteiger partial charge in [-0.05, 0) is 74.1 Å². The van der Waals surface area contributed by atoms with E-state index in [1.807, 2.05) is 48.3 Å². The molecule has 1 aromatic heterocycles. The topological polar surface area (TPSA) is 137 Å². The number of likely N-dealkylation sites (tertiary alicyclic amines) is 1. The Morgan fingerprint density at radius 1 is 1.22 bits per heavy atom. The fourth-order valence-electron chi connectivity index (χ4n) is 5.37. The summed E-state index contributed by atoms with van der Waals surface area (Å²) < 4.78 is 2.06. The number of rotatable bonds is 9. The number of amidine groups is 1. The molecule has 3 aromatic rings. The van der Waals surface area contributed by atoms with E-state index >= 15 is 0 Å². The second kappa shape index (κ2) is 9.29. The van der Waals surface area contributed by atoms with Crippen molar-refractivity contribution in [3.05, 3.63) is 59.4 Å². The number of nitrogen functional groups attached to an aromatic ring is 1. The van der Waals surface area contributed by atoms with E-state index in [2.05, 4.69) is 16.0 Å². The minimum absolute atomic E-state index is 0.0202. The molecule has 2 aliphatic rings. The van der Waals surface area contributed by atoms with Gasteiger partial charge in [0.2, 0.25) is 5.91 Å². The van der Waals surface area contributed by atoms with Crippen molar-refractivity contribution in [3.63, 3.8) is 0 Å². The summed E-state index contributed by atoms with van der Waals surface area (Å²) in [6, 6.07) is 13.6. The number of nitrogens with two attached hydrogens (primary N) is 1. The number of benzene rings is 2. The summed E-state index contributed by atoms with van der Waals surface area (Å²) in [7, 11) is 1.99. The number of imidazole rings is 1. The molecule has 2 aromatic carbocycles. The molecule has 9 nitrogen and oxygen atoms in total. The quantitative estimate of drug-likeness (QED) is 0.269. The molecule has 2 fully saturated rings. The number of fused-ring (bicyclic) bond motifs is 1. The second-order valence-electron chi connectivity index (χ2n) is 9.94. The predicted octanol–water partition coefficient (Wildman–Crippen LogP) is 3.36. The predicted molar refractivity (Wildman–Crippen MR) is 138 cm³/mol. The van der Waals surface area contributed by atoms with Gasteiger partial charge in [0.05, 0.1) is 23.0 Å². The van der Waals surface area contributed by atoms with Crippen LogP contribution in [-0.4, -0.2) is 49.9 Å². The minimum Gasteiger partial charge on any atom is -0.481 e. The summed E-state index contributed by atoms with van der Waals surface area (Å²) >= 11 is 0. The van der Waals surface area contributed by atoms with Gasteiger partial charge in [0, 0.05) is 37.3 Å². The van der Waals surface area contributed by atoms with Gasteiger partial charge in [-0.15, -0.1) is 0 Å². The Morgan fingerprint density at radius 2 is 1.97 bits per heavy atom. The van der Waals surface area contributed by atoms with E-state index in [1.54, 1.807) is 0 Å². The lowest BCUT2D eigenvalue weighted by Crippen LogP contribution is -2.42. The molecule has 0 bridgehead atoms. The van der Waals surface area contributed by atoms with Crippen molar-refractivity contribution in [1.82, 2.24) is 14.5 Å². The Bertz CT molecular complexity index is 1330. The highest BCUT2D eigenvalue weighted by Gasteiger charge is 2.54. The zero-order valence-corrected chi connectivity index (χ0v) is 20.5. The number of carboxylic acid groups (broad SMARTS) is 1. The van der Waals surface area contributed by atoms with Crippen molar-refractivity contribution in [2.45, 2.75) is 56.5 Å². The van der Waals surface area contributed by atoms with Crippen LogP contribution in [0.4, 0.5) is 5.69 Å². The van der Waals surface area contributed by atoms with Crippen LogP contribution in [0, 0.1) is 5.41 Å². The Labute approximate surface area is 209 Å². The summed E-state index contributed by atoms with van der Waals surface area (Å²) in [5.41, 5.74) is 9.49. The van der Waals surface area contributed by atoms with Crippen LogP contribution in [-0.2, 0) is 28.6 Å². The summed E-state index contributed by atoms with van der Waals surface area (Å²) in [5.74, 6) is 0.248. The maximum Gasteiger partial charge on any atom is 0.303 e. The van der Waals surface area contributed by atoms with Crippen LogP contribution in [0.3, 0.4) is 0 Å². The molecule has 5 N–H and O–H groups in total. The summed E-state index contributed by atoms with van der Waals surface area (Å²) in [5, 5.41) is 20.0. The lowest BCUT2D eigenvalue weighted by atomic mass is 9.93. The minimum atomic E-state index is -0.811. The largest absolute Gasteiger partial charge is 0.481 e. The van der Waals surface area contributed by atoms with E-state index in [9.17, 15) is 9.59 Å². The molecule has 1 aliphatic heterocycles. The average molecular weight is 489 g/mol. The summed E-state index contributed by atoms with van der Waals surface area (Å²) in [6.07, 6.45) is 4.05. The molecule has 36 heavy (non-hydrogen) atoms. The van der Waals surface area contributed by atoms with Gasteiger partial charge in [0.15, 0.2) is 0 Å². The Kier molecular flexibility index (Phi) is 6.15. The first kappa shape index (κ1) is 23.8. The first-order valence-corrected chi connectivity index (χ1v) is 12.5. The average Bonchev–Trinajstić information content (AvgIpc) is 3.44. The number of aromatic nitrogens is 2. The number of hydrogen-bond donors (Lipinski definition) is 4. The molecule has 1 saturated carbocycles. The number of amides is 1. The Hall–Kier alpha value is -3.88. The van der Waals surface area contributed by atoms with Gasteiger partial charge >= 0.3 is 5.97 Å². The number of nitrogens with zero attached hydrogens (tertiary/aromatic N) is 3. The molecule has 1 amide bonds. The number of aliphatic carboxylic acids is 1. The molecule has 2 heterocycles. The lowest BCUT2D eigenvalue weighted by molar-refractivity contribution is -0.139. The highest BCUT2D eigenvalue weighted by molar-refractivity contribution is 5.95. The molecule has 5 rings (SSSR count). The molecule has 1 saturated heterocycles. The zero-order chi connectivity index (χ0) is 25.4. The van der Waals surface area contributed by atoms with Crippen LogP contribution in [0.1, 0.15) is 55.5 Å². The number of carboxylic acids is 1. The lowest BCUT2D eigenvalue weighted by Gasteiger charge is -2.29. The van der Waals surface area contributed by atoms with E-state index in [0.717, 1.165) is 53.8 Å². The number of anilines is 1. The van der Waals surface area contributed by atoms with Gasteiger partial charge in [-0.2, -0.15) is 0 Å². The Morgan fingerprint density at radius 3 is 2.64 bits per heavy atom. The maximum absolute atomic E-state index is 13.6. The summed E-state index contributed by atoms with van der Waals surface area (Å²) in [6.45, 7) is 1.24. The molecule has 9 heteroatoms. The highest BCUT2D eigenvalue weighted by Crippen LogP contribution is 2.51. The monoisotopic (exact) mass is 488 g/mol. The number of nitrogens with one attached hydrogen (secondary N) is 2. The number of carbonyl (C=O) groups is 2. The molecule has 0 radical (unpaired) electrons. The van der Waals surface area contributed by atoms with E-state index < -0.39 is 11.4 Å². The smallest absolute Gasteiger partial charge is 0.303 e. The van der Waals surface area contributed by atoms with Crippen molar-refractivity contribution in [1.29, 1.82) is 5.41 Å². The molecule has 1 unspecified atom stereocenters. The molecule has 1 aliphatic carbocycles. The van der Waals surface area contributed by atoms with Crippen molar-refractivity contribution in [3.8, 4) is 0 Å². The van der Waals surface area contributed by atoms with Gasteiger partial charge < -0.3 is 25.6 Å². The number of carbonyl (C=O) groups excluding carboxylic acids is 1. The summed E-state index contributed by atoms with van der Waals surface area (Å²) in [4.78, 5) is 31.5. The fourth-order valence-corrected chi connectivity index (χ4v) is 5.37. The van der Waals surface area contributed by atoms with Gasteiger partial charge in [-0.25, -0.2) is 4.98 Å². The standard InChI is InChI=1S/C27H32N6O3/c1-32-22-10-6-18(27(12-13-27)26(36)33-14-2-3-20(33)9-11-24(34)35)15-21(22)31-23(32)16-30-19-7-4-17(5-8-19)25(28)29/h4-8,10,15,20,30H,2-3,9,11-14,16H2,1H3,(H3,28,29)(H,34,35). The van der Waals surface area contributed by atoms with E-state index in [0.29, 0.717) is 25.1 Å². The van der Waals surface area contributed by atoms with Crippen LogP contribution in [0.5, 0.6) is 0 Å². The van der Waals surface area contributed by atoms with E-state index in [4.69, 9.17) is 21.2 Å². The van der Waals surface area contributed by atoms with Crippen LogP contribution in [0.15, 0.2) is 42.5 Å². The second-order valence-corrected chi connectivity index (χ2v) is 9.94. The van der Waals surface area contributed by atoms with Crippen molar-refractivity contribution >= 4 is 34.4 Å². The molecule has 188 valence electrons. The maximum atomic E-state index is 13.6. The zero-order valence-electron chi connectivity index (χ0n) is 20.5. The first-order valence-electron chi connectivity index (χ1n) is 12.5. The van der Waals surface area contributed by atoms with Crippen molar-refractivity contribution in [2.24, 2.45) is 12.8 Å². The van der Waals surface area contributed by atoms with E-state index in [1.165, 1.54) is 0 Å². The third-order valence-electron chi connectivity index (χ3n) is 7.66. The Balaban J connectivity index is 1.33. The normalized spacial score (nSPS) is 18.4. The first-order chi connectivity index (χ1) is 17.3. The van der Waals surface area contributed by atoms with Crippen molar-refractivity contribution < 1.29 is 14.7 Å². The highest BCUT2D eigenvalue weighted by atomic mass is 16.4. The molecular formula is C27H32N6O3. The molecular weight excluding hydrogens is 456 g/mol. The van der Waals surface area contributed by atoms with Crippen LogP contribution >= 0.6 is 0 Å². The van der Waals surface area contributed by atoms with Gasteiger partial charge in [-0.3, -0.25) is 15.0 Å². The molecule has 0 spiro atoms. The van der Waals surface area contributed by atoms with Crippen LogP contribution in [0.25, 0.3) is 11.0 Å². The number of hydrogen-bond acceptors (Lipinski definition) is 5. The SMILES string of the molecule is Cn1c(CNc2ccc(C(=N)N)cc2)nc2cc(C3(C(=O)N4CCCC4CCC(=O)O)CC3)ccc21. The van der Waals surface area contributed by atoms with E-state index in [-0.39, 0.29) is 24.2 Å². The fraction of sp³-hybridized carbons (Fsp3) is 0.407. The third-order valence-corrected chi connectivity index (χ3v) is 7.66. The van der Waals surface area contributed by atoms with Crippen LogP contribution < -0.4 is 11.1 Å². The third kappa shape index (κ3) is 4.41. The van der Waals surface area contributed by atoms with Gasteiger partial charge in [0.1, 0.15) is 11.7 Å². The number of aryl methyl sites for hydroxylation is 1.